The molecule has 1 heterocycles. The van der Waals surface area contributed by atoms with Gasteiger partial charge in [-0.05, 0) is 20.3 Å². The van der Waals surface area contributed by atoms with Crippen molar-refractivity contribution in [2.45, 2.75) is 32.4 Å². The Labute approximate surface area is 73.1 Å². The number of urea groups is 1. The van der Waals surface area contributed by atoms with E-state index in [4.69, 9.17) is 5.73 Å². The van der Waals surface area contributed by atoms with Gasteiger partial charge in [0.2, 0.25) is 0 Å². The summed E-state index contributed by atoms with van der Waals surface area (Å²) in [7, 11) is 0. The minimum absolute atomic E-state index is 0.0446. The van der Waals surface area contributed by atoms with Crippen LogP contribution in [0.5, 0.6) is 0 Å². The van der Waals surface area contributed by atoms with E-state index in [1.807, 2.05) is 18.7 Å². The van der Waals surface area contributed by atoms with Gasteiger partial charge in [0, 0.05) is 25.2 Å². The molecular formula is C8H17N3O. The Morgan fingerprint density at radius 2 is 2.50 bits per heavy atom. The van der Waals surface area contributed by atoms with Crippen molar-refractivity contribution in [3.8, 4) is 0 Å². The largest absolute Gasteiger partial charge is 0.334 e. The number of nitrogens with two attached hydrogens (primary N) is 1. The lowest BCUT2D eigenvalue weighted by Crippen LogP contribution is -2.32. The summed E-state index contributed by atoms with van der Waals surface area (Å²) in [6, 6.07) is 0.502. The van der Waals surface area contributed by atoms with Gasteiger partial charge in [-0.15, -0.1) is 0 Å². The highest BCUT2D eigenvalue weighted by Gasteiger charge is 2.24. The molecule has 0 radical (unpaired) electrons. The second-order valence-corrected chi connectivity index (χ2v) is 3.56. The number of carbonyl (C=O) groups excluding carboxylic acids is 1. The van der Waals surface area contributed by atoms with E-state index in [2.05, 4.69) is 5.32 Å². The zero-order chi connectivity index (χ0) is 9.14. The molecule has 1 rings (SSSR count). The molecule has 0 aromatic carbocycles. The van der Waals surface area contributed by atoms with Crippen LogP contribution in [0.2, 0.25) is 0 Å². The third-order valence-electron chi connectivity index (χ3n) is 2.01. The van der Waals surface area contributed by atoms with Crippen molar-refractivity contribution in [2.75, 3.05) is 13.1 Å². The molecule has 12 heavy (non-hydrogen) atoms. The second kappa shape index (κ2) is 3.76. The molecule has 2 unspecified atom stereocenters. The summed E-state index contributed by atoms with van der Waals surface area (Å²) in [5.41, 5.74) is 5.59. The van der Waals surface area contributed by atoms with Gasteiger partial charge < -0.3 is 16.0 Å². The standard InChI is InChI=1S/C8H17N3O/c1-6(9)3-4-11-5-7(2)10-8(11)12/h6-7H,3-5,9H2,1-2H3,(H,10,12). The molecule has 0 bridgehead atoms. The molecule has 4 heteroatoms. The van der Waals surface area contributed by atoms with Gasteiger partial charge >= 0.3 is 6.03 Å². The van der Waals surface area contributed by atoms with E-state index in [0.717, 1.165) is 19.5 Å². The van der Waals surface area contributed by atoms with E-state index in [-0.39, 0.29) is 18.1 Å². The average Bonchev–Trinajstić information content (AvgIpc) is 2.26. The van der Waals surface area contributed by atoms with E-state index >= 15 is 0 Å². The van der Waals surface area contributed by atoms with E-state index in [9.17, 15) is 4.79 Å². The predicted molar refractivity (Wildman–Crippen MR) is 47.8 cm³/mol. The van der Waals surface area contributed by atoms with Gasteiger partial charge in [-0.1, -0.05) is 0 Å². The Morgan fingerprint density at radius 1 is 1.83 bits per heavy atom. The summed E-state index contributed by atoms with van der Waals surface area (Å²) in [6.07, 6.45) is 0.875. The Hall–Kier alpha value is -0.770. The molecule has 1 aliphatic heterocycles. The van der Waals surface area contributed by atoms with Gasteiger partial charge in [0.1, 0.15) is 0 Å². The molecule has 3 N–H and O–H groups in total. The zero-order valence-corrected chi connectivity index (χ0v) is 7.71. The Bertz CT molecular complexity index is 170. The van der Waals surface area contributed by atoms with Crippen molar-refractivity contribution < 1.29 is 4.79 Å². The fraction of sp³-hybridized carbons (Fsp3) is 0.875. The summed E-state index contributed by atoms with van der Waals surface area (Å²) >= 11 is 0. The third kappa shape index (κ3) is 2.37. The van der Waals surface area contributed by atoms with Gasteiger partial charge in [-0.2, -0.15) is 0 Å². The molecule has 0 spiro atoms. The normalized spacial score (nSPS) is 25.8. The fourth-order valence-electron chi connectivity index (χ4n) is 1.31. The van der Waals surface area contributed by atoms with Crippen LogP contribution < -0.4 is 11.1 Å². The van der Waals surface area contributed by atoms with Crippen LogP contribution in [-0.4, -0.2) is 36.1 Å². The molecule has 0 aromatic rings. The molecule has 0 saturated carbocycles. The highest BCUT2D eigenvalue weighted by molar-refractivity contribution is 5.76. The maximum absolute atomic E-state index is 11.2. The lowest BCUT2D eigenvalue weighted by Gasteiger charge is -2.15. The topological polar surface area (TPSA) is 58.4 Å². The van der Waals surface area contributed by atoms with Crippen molar-refractivity contribution in [1.82, 2.24) is 10.2 Å². The molecule has 1 aliphatic rings. The fourth-order valence-corrected chi connectivity index (χ4v) is 1.31. The van der Waals surface area contributed by atoms with E-state index < -0.39 is 0 Å². The maximum atomic E-state index is 11.2. The average molecular weight is 171 g/mol. The smallest absolute Gasteiger partial charge is 0.317 e. The number of hydrogen-bond donors (Lipinski definition) is 2. The van der Waals surface area contributed by atoms with Gasteiger partial charge in [-0.25, -0.2) is 4.79 Å². The van der Waals surface area contributed by atoms with Crippen molar-refractivity contribution in [1.29, 1.82) is 0 Å². The Morgan fingerprint density at radius 3 is 2.92 bits per heavy atom. The summed E-state index contributed by atoms with van der Waals surface area (Å²) in [6.45, 7) is 5.54. The van der Waals surface area contributed by atoms with Crippen LogP contribution in [0.1, 0.15) is 20.3 Å². The zero-order valence-electron chi connectivity index (χ0n) is 7.71. The van der Waals surface area contributed by atoms with Crippen LogP contribution in [0, 0.1) is 0 Å². The van der Waals surface area contributed by atoms with Crippen molar-refractivity contribution in [2.24, 2.45) is 5.73 Å². The Balaban J connectivity index is 2.28. The molecule has 1 saturated heterocycles. The summed E-state index contributed by atoms with van der Waals surface area (Å²) in [5.74, 6) is 0. The maximum Gasteiger partial charge on any atom is 0.317 e. The first-order chi connectivity index (χ1) is 5.59. The number of amides is 2. The van der Waals surface area contributed by atoms with Gasteiger partial charge in [-0.3, -0.25) is 0 Å². The first kappa shape index (κ1) is 9.32. The highest BCUT2D eigenvalue weighted by Crippen LogP contribution is 2.04. The number of rotatable bonds is 3. The molecule has 2 atom stereocenters. The van der Waals surface area contributed by atoms with Crippen molar-refractivity contribution >= 4 is 6.03 Å². The highest BCUT2D eigenvalue weighted by atomic mass is 16.2. The quantitative estimate of drug-likeness (QED) is 0.634. The SMILES string of the molecule is CC(N)CCN1CC(C)NC1=O. The summed E-state index contributed by atoms with van der Waals surface area (Å²) in [4.78, 5) is 13.0. The number of hydrogen-bond acceptors (Lipinski definition) is 2. The predicted octanol–water partition coefficient (Wildman–Crippen LogP) is 0.137. The van der Waals surface area contributed by atoms with Crippen molar-refractivity contribution in [3.63, 3.8) is 0 Å². The lowest BCUT2D eigenvalue weighted by atomic mass is 10.2. The van der Waals surface area contributed by atoms with Crippen LogP contribution in [0.15, 0.2) is 0 Å². The van der Waals surface area contributed by atoms with Crippen LogP contribution >= 0.6 is 0 Å². The summed E-state index contributed by atoms with van der Waals surface area (Å²) < 4.78 is 0. The second-order valence-electron chi connectivity index (χ2n) is 3.56. The number of nitrogens with zero attached hydrogens (tertiary/aromatic N) is 1. The van der Waals surface area contributed by atoms with Gasteiger partial charge in [0.15, 0.2) is 0 Å². The molecule has 4 nitrogen and oxygen atoms in total. The third-order valence-corrected chi connectivity index (χ3v) is 2.01. The van der Waals surface area contributed by atoms with E-state index in [1.54, 1.807) is 0 Å². The van der Waals surface area contributed by atoms with Gasteiger partial charge in [0.25, 0.3) is 0 Å². The molecule has 0 aliphatic carbocycles. The monoisotopic (exact) mass is 171 g/mol. The van der Waals surface area contributed by atoms with Crippen LogP contribution in [0.3, 0.4) is 0 Å². The van der Waals surface area contributed by atoms with Crippen molar-refractivity contribution in [3.05, 3.63) is 0 Å². The first-order valence-corrected chi connectivity index (χ1v) is 4.40. The molecular weight excluding hydrogens is 154 g/mol. The van der Waals surface area contributed by atoms with Crippen LogP contribution in [0.25, 0.3) is 0 Å². The lowest BCUT2D eigenvalue weighted by molar-refractivity contribution is 0.216. The van der Waals surface area contributed by atoms with E-state index in [1.165, 1.54) is 0 Å². The number of carbonyl (C=O) groups is 1. The van der Waals surface area contributed by atoms with Gasteiger partial charge in [0.05, 0.1) is 0 Å². The molecule has 2 amide bonds. The molecule has 0 aromatic heterocycles. The van der Waals surface area contributed by atoms with Crippen LogP contribution in [-0.2, 0) is 0 Å². The first-order valence-electron chi connectivity index (χ1n) is 4.40. The molecule has 70 valence electrons. The summed E-state index contributed by atoms with van der Waals surface area (Å²) in [5, 5.41) is 2.84. The van der Waals surface area contributed by atoms with Crippen LogP contribution in [0.4, 0.5) is 4.79 Å². The van der Waals surface area contributed by atoms with E-state index in [0.29, 0.717) is 0 Å². The number of nitrogens with one attached hydrogen (secondary N) is 1. The Kier molecular flexibility index (Phi) is 2.92. The minimum Gasteiger partial charge on any atom is -0.334 e. The minimum atomic E-state index is 0.0446. The molecule has 1 fully saturated rings.